The van der Waals surface area contributed by atoms with Crippen LogP contribution in [0.15, 0.2) is 115 Å². The van der Waals surface area contributed by atoms with Crippen LogP contribution in [0.2, 0.25) is 0 Å². The molecule has 0 saturated carbocycles. The number of nitrogens with zero attached hydrogens (tertiary/aromatic N) is 2. The molecule has 10 rings (SSSR count). The van der Waals surface area contributed by atoms with Crippen LogP contribution in [-0.4, -0.2) is 6.71 Å². The van der Waals surface area contributed by atoms with Gasteiger partial charge < -0.3 is 9.80 Å². The van der Waals surface area contributed by atoms with Crippen molar-refractivity contribution in [1.29, 1.82) is 0 Å². The molecule has 4 heteroatoms. The summed E-state index contributed by atoms with van der Waals surface area (Å²) in [6.07, 6.45) is 2.30. The lowest BCUT2D eigenvalue weighted by Crippen LogP contribution is -2.61. The molecule has 1 aliphatic carbocycles. The standard InChI is InChI=1S/C62H71BN2S/c1-57(2,3)39-22-26-43(27-23-39)64-49-36-42(60(10,11)12)37-50-53(49)63(56-54(64)45-35-41(59(7,8)9)25-31-51(45)66-56)47-29-28-46-52(62(15,16)33-32-61(46,13)14)55(47)65(50)48-30-24-40(58(4,5)6)34-44(48)38-20-18-17-19-21-38/h17-31,34-37H,32-33H2,1-16H3. The maximum Gasteiger partial charge on any atom is 0.264 e. The first-order valence-electron chi connectivity index (χ1n) is 24.6. The van der Waals surface area contributed by atoms with E-state index in [4.69, 9.17) is 0 Å². The molecule has 0 saturated heterocycles. The molecule has 338 valence electrons. The molecule has 66 heavy (non-hydrogen) atoms. The van der Waals surface area contributed by atoms with Gasteiger partial charge in [-0.3, -0.25) is 0 Å². The van der Waals surface area contributed by atoms with E-state index in [1.54, 1.807) is 0 Å². The average Bonchev–Trinajstić information content (AvgIpc) is 3.62. The van der Waals surface area contributed by atoms with Crippen molar-refractivity contribution >= 4 is 78.0 Å². The van der Waals surface area contributed by atoms with Gasteiger partial charge in [0.25, 0.3) is 6.71 Å². The van der Waals surface area contributed by atoms with Crippen molar-refractivity contribution in [3.63, 3.8) is 0 Å². The monoisotopic (exact) mass is 887 g/mol. The van der Waals surface area contributed by atoms with Crippen molar-refractivity contribution in [3.8, 4) is 11.1 Å². The highest BCUT2D eigenvalue weighted by atomic mass is 32.1. The Bertz CT molecular complexity index is 3060. The van der Waals surface area contributed by atoms with Crippen molar-refractivity contribution in [2.24, 2.45) is 0 Å². The topological polar surface area (TPSA) is 6.48 Å². The zero-order valence-electron chi connectivity index (χ0n) is 42.8. The lowest BCUT2D eigenvalue weighted by molar-refractivity contribution is 0.333. The second-order valence-corrected chi connectivity index (χ2v) is 26.5. The van der Waals surface area contributed by atoms with Crippen molar-refractivity contribution < 1.29 is 0 Å². The first-order chi connectivity index (χ1) is 30.8. The van der Waals surface area contributed by atoms with Crippen molar-refractivity contribution in [3.05, 3.63) is 149 Å². The molecular formula is C62H71BN2S. The van der Waals surface area contributed by atoms with Crippen LogP contribution in [0.1, 0.15) is 157 Å². The quantitative estimate of drug-likeness (QED) is 0.163. The minimum absolute atomic E-state index is 0.00966. The number of benzene rings is 6. The van der Waals surface area contributed by atoms with E-state index in [0.717, 1.165) is 6.42 Å². The van der Waals surface area contributed by atoms with E-state index in [1.807, 2.05) is 11.3 Å². The molecule has 0 unspecified atom stereocenters. The molecule has 1 aromatic heterocycles. The molecule has 3 aliphatic rings. The van der Waals surface area contributed by atoms with Gasteiger partial charge in [0.1, 0.15) is 0 Å². The molecule has 0 amide bonds. The van der Waals surface area contributed by atoms with Gasteiger partial charge in [0, 0.05) is 43.2 Å². The molecule has 7 aromatic rings. The summed E-state index contributed by atoms with van der Waals surface area (Å²) in [4.78, 5) is 5.45. The molecule has 2 nitrogen and oxygen atoms in total. The lowest BCUT2D eigenvalue weighted by atomic mass is 9.35. The highest BCUT2D eigenvalue weighted by Gasteiger charge is 2.50. The third kappa shape index (κ3) is 7.10. The van der Waals surface area contributed by atoms with Crippen molar-refractivity contribution in [1.82, 2.24) is 0 Å². The highest BCUT2D eigenvalue weighted by molar-refractivity contribution is 7.33. The van der Waals surface area contributed by atoms with Crippen LogP contribution in [-0.2, 0) is 32.5 Å². The van der Waals surface area contributed by atoms with Gasteiger partial charge in [0.2, 0.25) is 0 Å². The van der Waals surface area contributed by atoms with Gasteiger partial charge in [-0.1, -0.05) is 178 Å². The Kier molecular flexibility index (Phi) is 9.98. The summed E-state index contributed by atoms with van der Waals surface area (Å²) in [5.41, 5.74) is 21.4. The summed E-state index contributed by atoms with van der Waals surface area (Å²) < 4.78 is 2.79. The lowest BCUT2D eigenvalue weighted by Gasteiger charge is -2.49. The number of fused-ring (bicyclic) bond motifs is 8. The van der Waals surface area contributed by atoms with Gasteiger partial charge in [-0.2, -0.15) is 0 Å². The zero-order valence-corrected chi connectivity index (χ0v) is 43.6. The number of rotatable bonds is 3. The van der Waals surface area contributed by atoms with Crippen LogP contribution in [0.3, 0.4) is 0 Å². The van der Waals surface area contributed by atoms with E-state index in [0.29, 0.717) is 0 Å². The SMILES string of the molecule is CC(C)(C)c1ccc(N2c3cc(C(C)(C)C)cc4c3B(c3ccc5c(c3N4c3ccc(C(C)(C)C)cc3-c3ccccc3)C(C)(C)CCC5(C)C)c3sc4ccc(C(C)(C)C)cc4c32)cc1. The van der Waals surface area contributed by atoms with Crippen LogP contribution < -0.4 is 25.5 Å². The van der Waals surface area contributed by atoms with Gasteiger partial charge in [-0.05, 0) is 144 Å². The summed E-state index contributed by atoms with van der Waals surface area (Å²) in [6, 6.07) is 45.7. The van der Waals surface area contributed by atoms with Crippen LogP contribution in [0.25, 0.3) is 21.2 Å². The smallest absolute Gasteiger partial charge is 0.264 e. The Morgan fingerprint density at radius 1 is 0.500 bits per heavy atom. The van der Waals surface area contributed by atoms with E-state index >= 15 is 0 Å². The average molecular weight is 887 g/mol. The molecule has 0 bridgehead atoms. The second-order valence-electron chi connectivity index (χ2n) is 25.4. The molecule has 6 aromatic carbocycles. The summed E-state index contributed by atoms with van der Waals surface area (Å²) in [6.45, 7) is 38.3. The molecule has 3 heterocycles. The Morgan fingerprint density at radius 2 is 1.06 bits per heavy atom. The molecular weight excluding hydrogens is 816 g/mol. The number of hydrogen-bond donors (Lipinski definition) is 0. The van der Waals surface area contributed by atoms with Gasteiger partial charge in [0.05, 0.1) is 11.4 Å². The summed E-state index contributed by atoms with van der Waals surface area (Å²) in [7, 11) is 0. The predicted octanol–water partition coefficient (Wildman–Crippen LogP) is 16.2. The molecule has 0 atom stereocenters. The Hall–Kier alpha value is -5.06. The van der Waals surface area contributed by atoms with Gasteiger partial charge in [-0.15, -0.1) is 11.3 Å². The first-order valence-corrected chi connectivity index (χ1v) is 25.4. The zero-order chi connectivity index (χ0) is 47.3. The summed E-state index contributed by atoms with van der Waals surface area (Å²) in [5.74, 6) is 0. The molecule has 0 fully saturated rings. The fourth-order valence-electron chi connectivity index (χ4n) is 11.3. The normalized spacial score (nSPS) is 16.5. The van der Waals surface area contributed by atoms with E-state index in [1.165, 1.54) is 111 Å². The third-order valence-electron chi connectivity index (χ3n) is 15.5. The molecule has 0 N–H and O–H groups in total. The van der Waals surface area contributed by atoms with Gasteiger partial charge in [-0.25, -0.2) is 0 Å². The van der Waals surface area contributed by atoms with Crippen LogP contribution in [0.5, 0.6) is 0 Å². The van der Waals surface area contributed by atoms with Gasteiger partial charge >= 0.3 is 0 Å². The molecule has 2 aliphatic heterocycles. The first kappa shape index (κ1) is 44.8. The van der Waals surface area contributed by atoms with Crippen LogP contribution >= 0.6 is 11.3 Å². The van der Waals surface area contributed by atoms with E-state index in [-0.39, 0.29) is 39.2 Å². The van der Waals surface area contributed by atoms with E-state index in [2.05, 4.69) is 236 Å². The number of anilines is 6. The largest absolute Gasteiger partial charge is 0.310 e. The number of hydrogen-bond acceptors (Lipinski definition) is 3. The molecule has 0 radical (unpaired) electrons. The minimum Gasteiger partial charge on any atom is -0.310 e. The van der Waals surface area contributed by atoms with Crippen molar-refractivity contribution in [2.45, 2.75) is 156 Å². The highest BCUT2D eigenvalue weighted by Crippen LogP contribution is 2.56. The Balaban J connectivity index is 1.40. The van der Waals surface area contributed by atoms with Gasteiger partial charge in [0.15, 0.2) is 0 Å². The van der Waals surface area contributed by atoms with E-state index in [9.17, 15) is 0 Å². The van der Waals surface area contributed by atoms with Crippen molar-refractivity contribution in [2.75, 3.05) is 9.80 Å². The fourth-order valence-corrected chi connectivity index (χ4v) is 12.6. The Labute approximate surface area is 401 Å². The number of thiophene rings is 1. The predicted molar refractivity (Wildman–Crippen MR) is 291 cm³/mol. The van der Waals surface area contributed by atoms with E-state index < -0.39 is 0 Å². The fraction of sp³-hybridized carbons (Fsp3) is 0.387. The van der Waals surface area contributed by atoms with Crippen LogP contribution in [0, 0.1) is 0 Å². The summed E-state index contributed by atoms with van der Waals surface area (Å²) >= 11 is 2.02. The maximum absolute atomic E-state index is 2.77. The minimum atomic E-state index is -0.124. The van der Waals surface area contributed by atoms with Crippen LogP contribution in [0.4, 0.5) is 34.1 Å². The molecule has 0 spiro atoms. The maximum atomic E-state index is 2.77. The Morgan fingerprint density at radius 3 is 1.68 bits per heavy atom. The third-order valence-corrected chi connectivity index (χ3v) is 16.7. The summed E-state index contributed by atoms with van der Waals surface area (Å²) in [5, 5.41) is 1.35. The second kappa shape index (κ2) is 14.7.